The molecule has 1 N–H and O–H groups in total. The summed E-state index contributed by atoms with van der Waals surface area (Å²) in [7, 11) is 0. The predicted molar refractivity (Wildman–Crippen MR) is 69.0 cm³/mol. The second kappa shape index (κ2) is 4.30. The first-order valence-corrected chi connectivity index (χ1v) is 6.65. The van der Waals surface area contributed by atoms with Crippen molar-refractivity contribution in [1.82, 2.24) is 10.3 Å². The number of rotatable bonds is 1. The molecule has 2 aliphatic rings. The van der Waals surface area contributed by atoms with Gasteiger partial charge in [-0.1, -0.05) is 6.08 Å². The molecular weight excluding hydrogens is 264 g/mol. The summed E-state index contributed by atoms with van der Waals surface area (Å²) in [4.78, 5) is 4.27. The summed E-state index contributed by atoms with van der Waals surface area (Å²) >= 11 is 3.50. The molecule has 1 aliphatic carbocycles. The first-order valence-electron chi connectivity index (χ1n) is 5.86. The molecule has 1 aromatic heterocycles. The Morgan fingerprint density at radius 1 is 1.31 bits per heavy atom. The lowest BCUT2D eigenvalue weighted by Crippen LogP contribution is -2.17. The summed E-state index contributed by atoms with van der Waals surface area (Å²) in [6.45, 7) is 2.31. The number of nitrogens with one attached hydrogen (secondary N) is 1. The smallest absolute Gasteiger partial charge is 0.0410 e. The standard InChI is InChI=1S/C13H15BrN2/c14-11-4-10(6-15-7-11)12-3-1-2-9-5-16-8-13(9)12/h3-4,6-7,9,13,16H,1-2,5,8H2/t9-,13+/m0/s1. The minimum Gasteiger partial charge on any atom is -0.316 e. The lowest BCUT2D eigenvalue weighted by Gasteiger charge is -2.26. The second-order valence-electron chi connectivity index (χ2n) is 4.65. The van der Waals surface area contributed by atoms with E-state index < -0.39 is 0 Å². The lowest BCUT2D eigenvalue weighted by molar-refractivity contribution is 0.454. The maximum Gasteiger partial charge on any atom is 0.0410 e. The van der Waals surface area contributed by atoms with Gasteiger partial charge in [0.25, 0.3) is 0 Å². The Bertz CT molecular complexity index is 428. The Kier molecular flexibility index (Phi) is 2.82. The van der Waals surface area contributed by atoms with Gasteiger partial charge in [0.15, 0.2) is 0 Å². The molecule has 84 valence electrons. The van der Waals surface area contributed by atoms with Crippen molar-refractivity contribution in [2.45, 2.75) is 12.8 Å². The summed E-state index contributed by atoms with van der Waals surface area (Å²) in [5.41, 5.74) is 2.78. The molecule has 0 aromatic carbocycles. The van der Waals surface area contributed by atoms with Crippen LogP contribution in [0.5, 0.6) is 0 Å². The van der Waals surface area contributed by atoms with Gasteiger partial charge in [-0.15, -0.1) is 0 Å². The van der Waals surface area contributed by atoms with Crippen LogP contribution in [0, 0.1) is 11.8 Å². The number of hydrogen-bond donors (Lipinski definition) is 1. The van der Waals surface area contributed by atoms with Gasteiger partial charge in [0.1, 0.15) is 0 Å². The van der Waals surface area contributed by atoms with Gasteiger partial charge < -0.3 is 5.32 Å². The average Bonchev–Trinajstić information content (AvgIpc) is 2.76. The number of aromatic nitrogens is 1. The van der Waals surface area contributed by atoms with Crippen molar-refractivity contribution in [2.24, 2.45) is 11.8 Å². The van der Waals surface area contributed by atoms with Gasteiger partial charge in [0.05, 0.1) is 0 Å². The summed E-state index contributed by atoms with van der Waals surface area (Å²) < 4.78 is 1.07. The van der Waals surface area contributed by atoms with Crippen molar-refractivity contribution < 1.29 is 0 Å². The van der Waals surface area contributed by atoms with Crippen LogP contribution in [0.25, 0.3) is 5.57 Å². The molecule has 0 saturated carbocycles. The fourth-order valence-corrected chi connectivity index (χ4v) is 3.27. The van der Waals surface area contributed by atoms with Crippen LogP contribution in [0.1, 0.15) is 18.4 Å². The second-order valence-corrected chi connectivity index (χ2v) is 5.57. The van der Waals surface area contributed by atoms with Gasteiger partial charge in [-0.25, -0.2) is 0 Å². The summed E-state index contributed by atoms with van der Waals surface area (Å²) in [6.07, 6.45) is 8.78. The van der Waals surface area contributed by atoms with E-state index in [1.807, 2.05) is 12.4 Å². The van der Waals surface area contributed by atoms with Crippen LogP contribution in [0.2, 0.25) is 0 Å². The van der Waals surface area contributed by atoms with Crippen molar-refractivity contribution in [2.75, 3.05) is 13.1 Å². The zero-order chi connectivity index (χ0) is 11.0. The molecule has 2 heterocycles. The van der Waals surface area contributed by atoms with Crippen LogP contribution in [-0.4, -0.2) is 18.1 Å². The topological polar surface area (TPSA) is 24.9 Å². The van der Waals surface area contributed by atoms with E-state index in [0.29, 0.717) is 5.92 Å². The van der Waals surface area contributed by atoms with Crippen LogP contribution in [0.15, 0.2) is 29.0 Å². The van der Waals surface area contributed by atoms with E-state index in [0.717, 1.165) is 16.9 Å². The summed E-state index contributed by atoms with van der Waals surface area (Å²) in [5.74, 6) is 1.53. The molecule has 0 bridgehead atoms. The number of allylic oxidation sites excluding steroid dienone is 1. The van der Waals surface area contributed by atoms with Crippen LogP contribution in [0.4, 0.5) is 0 Å². The third kappa shape index (κ3) is 1.82. The van der Waals surface area contributed by atoms with Crippen molar-refractivity contribution in [3.63, 3.8) is 0 Å². The SMILES string of the molecule is Brc1cncc(C2=CCC[C@H]3CNC[C@@H]23)c1. The maximum atomic E-state index is 4.27. The molecule has 1 fully saturated rings. The Labute approximate surface area is 104 Å². The van der Waals surface area contributed by atoms with Gasteiger partial charge in [0.2, 0.25) is 0 Å². The van der Waals surface area contributed by atoms with Gasteiger partial charge in [-0.05, 0) is 58.4 Å². The summed E-state index contributed by atoms with van der Waals surface area (Å²) in [5, 5.41) is 3.51. The minimum atomic E-state index is 0.699. The zero-order valence-corrected chi connectivity index (χ0v) is 10.7. The van der Waals surface area contributed by atoms with Crippen molar-refractivity contribution in [3.05, 3.63) is 34.6 Å². The van der Waals surface area contributed by atoms with Crippen molar-refractivity contribution >= 4 is 21.5 Å². The number of halogens is 1. The molecule has 3 heteroatoms. The van der Waals surface area contributed by atoms with Gasteiger partial charge in [-0.2, -0.15) is 0 Å². The molecule has 1 aromatic rings. The first kappa shape index (κ1) is 10.5. The highest BCUT2D eigenvalue weighted by atomic mass is 79.9. The van der Waals surface area contributed by atoms with Crippen LogP contribution >= 0.6 is 15.9 Å². The number of pyridine rings is 1. The molecule has 1 saturated heterocycles. The molecule has 2 nitrogen and oxygen atoms in total. The lowest BCUT2D eigenvalue weighted by atomic mass is 9.78. The van der Waals surface area contributed by atoms with E-state index in [1.54, 1.807) is 0 Å². The predicted octanol–water partition coefficient (Wildman–Crippen LogP) is 2.86. The van der Waals surface area contributed by atoms with Crippen LogP contribution in [-0.2, 0) is 0 Å². The summed E-state index contributed by atoms with van der Waals surface area (Å²) in [6, 6.07) is 2.18. The third-order valence-electron chi connectivity index (χ3n) is 3.68. The van der Waals surface area contributed by atoms with Crippen LogP contribution in [0.3, 0.4) is 0 Å². The van der Waals surface area contributed by atoms with E-state index in [2.05, 4.69) is 38.4 Å². The molecule has 2 atom stereocenters. The number of nitrogens with zero attached hydrogens (tertiary/aromatic N) is 1. The Hall–Kier alpha value is -0.670. The van der Waals surface area contributed by atoms with Crippen molar-refractivity contribution in [3.8, 4) is 0 Å². The normalized spacial score (nSPS) is 28.7. The molecular formula is C13H15BrN2. The largest absolute Gasteiger partial charge is 0.316 e. The molecule has 0 amide bonds. The molecule has 16 heavy (non-hydrogen) atoms. The molecule has 3 rings (SSSR count). The highest BCUT2D eigenvalue weighted by molar-refractivity contribution is 9.10. The number of fused-ring (bicyclic) bond motifs is 1. The third-order valence-corrected chi connectivity index (χ3v) is 4.11. The monoisotopic (exact) mass is 278 g/mol. The number of hydrogen-bond acceptors (Lipinski definition) is 2. The van der Waals surface area contributed by atoms with Crippen molar-refractivity contribution in [1.29, 1.82) is 0 Å². The fourth-order valence-electron chi connectivity index (χ4n) is 2.91. The average molecular weight is 279 g/mol. The quantitative estimate of drug-likeness (QED) is 0.855. The van der Waals surface area contributed by atoms with E-state index >= 15 is 0 Å². The Balaban J connectivity index is 1.96. The Morgan fingerprint density at radius 3 is 3.12 bits per heavy atom. The highest BCUT2D eigenvalue weighted by Gasteiger charge is 2.32. The maximum absolute atomic E-state index is 4.27. The fraction of sp³-hybridized carbons (Fsp3) is 0.462. The van der Waals surface area contributed by atoms with E-state index in [4.69, 9.17) is 0 Å². The van der Waals surface area contributed by atoms with E-state index in [9.17, 15) is 0 Å². The van der Waals surface area contributed by atoms with E-state index in [-0.39, 0.29) is 0 Å². The van der Waals surface area contributed by atoms with E-state index in [1.165, 1.54) is 30.5 Å². The molecule has 0 radical (unpaired) electrons. The molecule has 0 spiro atoms. The van der Waals surface area contributed by atoms with Gasteiger partial charge in [0, 0.05) is 29.3 Å². The first-order chi connectivity index (χ1) is 7.84. The molecule has 0 unspecified atom stereocenters. The van der Waals surface area contributed by atoms with Gasteiger partial charge in [-0.3, -0.25) is 4.98 Å². The van der Waals surface area contributed by atoms with Gasteiger partial charge >= 0.3 is 0 Å². The zero-order valence-electron chi connectivity index (χ0n) is 9.12. The highest BCUT2D eigenvalue weighted by Crippen LogP contribution is 2.38. The van der Waals surface area contributed by atoms with Crippen LogP contribution < -0.4 is 5.32 Å². The Morgan fingerprint density at radius 2 is 2.25 bits per heavy atom. The minimum absolute atomic E-state index is 0.699. The molecule has 1 aliphatic heterocycles.